The standard InChI is InChI=1S/C17H26N2O3/c1-2-19-8-6-13(7-9-19)10-17(22)18-12-16(21)14-4-3-5-15(20)11-14/h3-5,11,13,16,20-21H,2,6-10,12H2,1H3,(H,18,22). The van der Waals surface area contributed by atoms with Crippen molar-refractivity contribution in [3.8, 4) is 5.75 Å². The van der Waals surface area contributed by atoms with Crippen LogP contribution in [-0.2, 0) is 4.79 Å². The van der Waals surface area contributed by atoms with Crippen LogP contribution in [-0.4, -0.2) is 47.2 Å². The van der Waals surface area contributed by atoms with Crippen molar-refractivity contribution in [1.82, 2.24) is 10.2 Å². The first-order chi connectivity index (χ1) is 10.6. The summed E-state index contributed by atoms with van der Waals surface area (Å²) in [4.78, 5) is 14.4. The first kappa shape index (κ1) is 16.8. The van der Waals surface area contributed by atoms with Crippen molar-refractivity contribution in [2.75, 3.05) is 26.2 Å². The molecule has 1 saturated heterocycles. The van der Waals surface area contributed by atoms with Crippen LogP contribution in [0.5, 0.6) is 5.75 Å². The van der Waals surface area contributed by atoms with E-state index in [0.29, 0.717) is 17.9 Å². The second-order valence-electron chi connectivity index (χ2n) is 6.00. The fourth-order valence-corrected chi connectivity index (χ4v) is 2.90. The number of likely N-dealkylation sites (tertiary alicyclic amines) is 1. The lowest BCUT2D eigenvalue weighted by atomic mass is 9.93. The number of aromatic hydroxyl groups is 1. The smallest absolute Gasteiger partial charge is 0.220 e. The number of phenols is 1. The Kier molecular flexibility index (Phi) is 6.21. The van der Waals surface area contributed by atoms with Crippen LogP contribution < -0.4 is 5.32 Å². The van der Waals surface area contributed by atoms with Gasteiger partial charge in [-0.25, -0.2) is 0 Å². The zero-order chi connectivity index (χ0) is 15.9. The number of phenolic OH excluding ortho intramolecular Hbond substituents is 1. The highest BCUT2D eigenvalue weighted by atomic mass is 16.3. The molecule has 1 amide bonds. The first-order valence-corrected chi connectivity index (χ1v) is 8.04. The summed E-state index contributed by atoms with van der Waals surface area (Å²) in [6.07, 6.45) is 1.87. The van der Waals surface area contributed by atoms with E-state index in [1.165, 1.54) is 6.07 Å². The van der Waals surface area contributed by atoms with Crippen LogP contribution in [0.2, 0.25) is 0 Å². The Balaban J connectivity index is 1.71. The number of amides is 1. The van der Waals surface area contributed by atoms with E-state index in [9.17, 15) is 15.0 Å². The van der Waals surface area contributed by atoms with Gasteiger partial charge in [-0.1, -0.05) is 19.1 Å². The number of hydrogen-bond acceptors (Lipinski definition) is 4. The third-order valence-corrected chi connectivity index (χ3v) is 4.38. The maximum atomic E-state index is 12.0. The average Bonchev–Trinajstić information content (AvgIpc) is 2.53. The molecule has 1 atom stereocenters. The molecular weight excluding hydrogens is 280 g/mol. The van der Waals surface area contributed by atoms with Gasteiger partial charge in [-0.15, -0.1) is 0 Å². The van der Waals surface area contributed by atoms with Gasteiger partial charge in [0.1, 0.15) is 5.75 Å². The molecule has 1 aromatic carbocycles. The van der Waals surface area contributed by atoms with Crippen LogP contribution in [0.3, 0.4) is 0 Å². The second kappa shape index (κ2) is 8.15. The second-order valence-corrected chi connectivity index (χ2v) is 6.00. The minimum atomic E-state index is -0.794. The van der Waals surface area contributed by atoms with E-state index in [0.717, 1.165) is 32.5 Å². The summed E-state index contributed by atoms with van der Waals surface area (Å²) in [5, 5.41) is 22.2. The van der Waals surface area contributed by atoms with Crippen LogP contribution >= 0.6 is 0 Å². The highest BCUT2D eigenvalue weighted by molar-refractivity contribution is 5.76. The molecule has 22 heavy (non-hydrogen) atoms. The van der Waals surface area contributed by atoms with E-state index in [2.05, 4.69) is 17.1 Å². The predicted octanol–water partition coefficient (Wildman–Crippen LogP) is 1.66. The molecule has 0 saturated carbocycles. The number of carbonyl (C=O) groups is 1. The number of aliphatic hydroxyl groups is 1. The molecule has 5 nitrogen and oxygen atoms in total. The number of nitrogens with one attached hydrogen (secondary N) is 1. The average molecular weight is 306 g/mol. The number of rotatable bonds is 6. The van der Waals surface area contributed by atoms with Gasteiger partial charge in [0.25, 0.3) is 0 Å². The topological polar surface area (TPSA) is 72.8 Å². The van der Waals surface area contributed by atoms with Crippen LogP contribution in [0.1, 0.15) is 37.9 Å². The Hall–Kier alpha value is -1.59. The van der Waals surface area contributed by atoms with Gasteiger partial charge in [-0.2, -0.15) is 0 Å². The molecule has 0 bridgehead atoms. The molecule has 2 rings (SSSR count). The molecule has 5 heteroatoms. The number of nitrogens with zero attached hydrogens (tertiary/aromatic N) is 1. The Labute approximate surface area is 131 Å². The van der Waals surface area contributed by atoms with Crippen molar-refractivity contribution in [2.24, 2.45) is 5.92 Å². The maximum absolute atomic E-state index is 12.0. The van der Waals surface area contributed by atoms with Crippen molar-refractivity contribution < 1.29 is 15.0 Å². The molecule has 3 N–H and O–H groups in total. The molecule has 122 valence electrons. The zero-order valence-electron chi connectivity index (χ0n) is 13.2. The molecular formula is C17H26N2O3. The third kappa shape index (κ3) is 5.00. The lowest BCUT2D eigenvalue weighted by Gasteiger charge is -2.30. The van der Waals surface area contributed by atoms with Crippen molar-refractivity contribution in [3.63, 3.8) is 0 Å². The predicted molar refractivity (Wildman–Crippen MR) is 85.5 cm³/mol. The quantitative estimate of drug-likeness (QED) is 0.747. The molecule has 0 aliphatic carbocycles. The molecule has 1 aliphatic rings. The van der Waals surface area contributed by atoms with Gasteiger partial charge < -0.3 is 20.4 Å². The molecule has 1 aromatic rings. The number of benzene rings is 1. The summed E-state index contributed by atoms with van der Waals surface area (Å²) in [5.41, 5.74) is 0.608. The Morgan fingerprint density at radius 3 is 2.77 bits per heavy atom. The van der Waals surface area contributed by atoms with Gasteiger partial charge in [0.2, 0.25) is 5.91 Å². The van der Waals surface area contributed by atoms with Crippen molar-refractivity contribution >= 4 is 5.91 Å². The Morgan fingerprint density at radius 2 is 2.14 bits per heavy atom. The van der Waals surface area contributed by atoms with Gasteiger partial charge >= 0.3 is 0 Å². The minimum absolute atomic E-state index is 0.00542. The summed E-state index contributed by atoms with van der Waals surface area (Å²) < 4.78 is 0. The number of hydrogen-bond donors (Lipinski definition) is 3. The molecule has 1 aliphatic heterocycles. The fourth-order valence-electron chi connectivity index (χ4n) is 2.90. The largest absolute Gasteiger partial charge is 0.508 e. The third-order valence-electron chi connectivity index (χ3n) is 4.38. The van der Waals surface area contributed by atoms with Gasteiger partial charge in [0.15, 0.2) is 0 Å². The van der Waals surface area contributed by atoms with E-state index in [1.807, 2.05) is 0 Å². The van der Waals surface area contributed by atoms with E-state index in [1.54, 1.807) is 18.2 Å². The van der Waals surface area contributed by atoms with Crippen LogP contribution in [0.4, 0.5) is 0 Å². The normalized spacial score (nSPS) is 18.1. The van der Waals surface area contributed by atoms with E-state index in [4.69, 9.17) is 0 Å². The highest BCUT2D eigenvalue weighted by Crippen LogP contribution is 2.21. The summed E-state index contributed by atoms with van der Waals surface area (Å²) in [7, 11) is 0. The van der Waals surface area contributed by atoms with Gasteiger partial charge in [0, 0.05) is 13.0 Å². The van der Waals surface area contributed by atoms with Crippen molar-refractivity contribution in [2.45, 2.75) is 32.3 Å². The minimum Gasteiger partial charge on any atom is -0.508 e. The van der Waals surface area contributed by atoms with Crippen molar-refractivity contribution in [1.29, 1.82) is 0 Å². The number of piperidine rings is 1. The van der Waals surface area contributed by atoms with Crippen LogP contribution in [0.15, 0.2) is 24.3 Å². The number of aliphatic hydroxyl groups excluding tert-OH is 1. The van der Waals surface area contributed by atoms with E-state index < -0.39 is 6.10 Å². The summed E-state index contributed by atoms with van der Waals surface area (Å²) in [6, 6.07) is 6.48. The Morgan fingerprint density at radius 1 is 1.41 bits per heavy atom. The van der Waals surface area contributed by atoms with E-state index in [-0.39, 0.29) is 18.2 Å². The molecule has 1 fully saturated rings. The molecule has 0 aromatic heterocycles. The first-order valence-electron chi connectivity index (χ1n) is 8.04. The Bertz CT molecular complexity index is 485. The summed E-state index contributed by atoms with van der Waals surface area (Å²) in [5.74, 6) is 0.556. The van der Waals surface area contributed by atoms with Crippen molar-refractivity contribution in [3.05, 3.63) is 29.8 Å². The monoisotopic (exact) mass is 306 g/mol. The van der Waals surface area contributed by atoms with Crippen LogP contribution in [0.25, 0.3) is 0 Å². The van der Waals surface area contributed by atoms with Gasteiger partial charge in [-0.3, -0.25) is 4.79 Å². The number of carbonyl (C=O) groups excluding carboxylic acids is 1. The van der Waals surface area contributed by atoms with E-state index >= 15 is 0 Å². The SMILES string of the molecule is CCN1CCC(CC(=O)NCC(O)c2cccc(O)c2)CC1. The van der Waals surface area contributed by atoms with Gasteiger partial charge in [-0.05, 0) is 56.1 Å². The fraction of sp³-hybridized carbons (Fsp3) is 0.588. The highest BCUT2D eigenvalue weighted by Gasteiger charge is 2.20. The zero-order valence-corrected chi connectivity index (χ0v) is 13.2. The summed E-state index contributed by atoms with van der Waals surface area (Å²) >= 11 is 0. The molecule has 0 spiro atoms. The lowest BCUT2D eigenvalue weighted by Crippen LogP contribution is -2.36. The molecule has 1 unspecified atom stereocenters. The molecule has 0 radical (unpaired) electrons. The lowest BCUT2D eigenvalue weighted by molar-refractivity contribution is -0.122. The maximum Gasteiger partial charge on any atom is 0.220 e. The summed E-state index contributed by atoms with van der Waals surface area (Å²) in [6.45, 7) is 5.56. The van der Waals surface area contributed by atoms with Crippen LogP contribution in [0, 0.1) is 5.92 Å². The molecule has 1 heterocycles. The van der Waals surface area contributed by atoms with Gasteiger partial charge in [0.05, 0.1) is 6.10 Å².